The molecule has 3 heteroatoms. The lowest BCUT2D eigenvalue weighted by molar-refractivity contribution is 0.378. The molecule has 1 aromatic carbocycles. The summed E-state index contributed by atoms with van der Waals surface area (Å²) in [6.45, 7) is 2.07. The van der Waals surface area contributed by atoms with Crippen LogP contribution in [0.4, 0.5) is 0 Å². The van der Waals surface area contributed by atoms with Crippen LogP contribution in [0, 0.1) is 0 Å². The summed E-state index contributed by atoms with van der Waals surface area (Å²) in [7, 11) is 3.32. The molecular formula is C13H15NO2. The summed E-state index contributed by atoms with van der Waals surface area (Å²) in [5, 5.41) is 1.03. The van der Waals surface area contributed by atoms with Gasteiger partial charge in [0.25, 0.3) is 0 Å². The Hall–Kier alpha value is -1.77. The lowest BCUT2D eigenvalue weighted by Gasteiger charge is -2.13. The number of pyridine rings is 1. The van der Waals surface area contributed by atoms with Gasteiger partial charge in [0, 0.05) is 5.39 Å². The van der Waals surface area contributed by atoms with Gasteiger partial charge in [0.1, 0.15) is 5.75 Å². The van der Waals surface area contributed by atoms with Crippen molar-refractivity contribution < 1.29 is 9.47 Å². The Balaban J connectivity index is 2.82. The number of aromatic nitrogens is 1. The van der Waals surface area contributed by atoms with Crippen molar-refractivity contribution in [1.82, 2.24) is 4.98 Å². The maximum atomic E-state index is 5.47. The van der Waals surface area contributed by atoms with Gasteiger partial charge in [-0.25, -0.2) is 4.98 Å². The third-order valence-electron chi connectivity index (χ3n) is 2.65. The first-order chi connectivity index (χ1) is 7.81. The Labute approximate surface area is 95.0 Å². The smallest absolute Gasteiger partial charge is 0.220 e. The van der Waals surface area contributed by atoms with E-state index in [2.05, 4.69) is 11.9 Å². The lowest BCUT2D eigenvalue weighted by Crippen LogP contribution is -1.99. The van der Waals surface area contributed by atoms with E-state index in [0.29, 0.717) is 5.88 Å². The highest BCUT2D eigenvalue weighted by molar-refractivity contribution is 5.87. The maximum Gasteiger partial charge on any atom is 0.220 e. The standard InChI is InChI=1S/C13H15NO2/c1-4-9-12(15-2)10-7-5-6-8-11(10)14-13(9)16-3/h5-8H,4H2,1-3H3. The predicted octanol–water partition coefficient (Wildman–Crippen LogP) is 2.81. The summed E-state index contributed by atoms with van der Waals surface area (Å²) in [5.74, 6) is 1.52. The fraction of sp³-hybridized carbons (Fsp3) is 0.308. The Morgan fingerprint density at radius 3 is 2.50 bits per heavy atom. The van der Waals surface area contributed by atoms with Crippen LogP contribution in [-0.4, -0.2) is 19.2 Å². The van der Waals surface area contributed by atoms with Crippen molar-refractivity contribution in [3.05, 3.63) is 29.8 Å². The molecule has 1 aromatic heterocycles. The molecule has 2 rings (SSSR count). The van der Waals surface area contributed by atoms with Crippen molar-refractivity contribution in [2.75, 3.05) is 14.2 Å². The van der Waals surface area contributed by atoms with Gasteiger partial charge in [-0.3, -0.25) is 0 Å². The van der Waals surface area contributed by atoms with Crippen molar-refractivity contribution in [3.8, 4) is 11.6 Å². The quantitative estimate of drug-likeness (QED) is 0.792. The van der Waals surface area contributed by atoms with Crippen molar-refractivity contribution in [3.63, 3.8) is 0 Å². The Morgan fingerprint density at radius 2 is 1.88 bits per heavy atom. The maximum absolute atomic E-state index is 5.47. The van der Waals surface area contributed by atoms with Crippen molar-refractivity contribution in [1.29, 1.82) is 0 Å². The molecule has 0 N–H and O–H groups in total. The SMILES string of the molecule is CCc1c(OC)nc2ccccc2c1OC. The Morgan fingerprint density at radius 1 is 1.12 bits per heavy atom. The number of benzene rings is 1. The summed E-state index contributed by atoms with van der Waals surface area (Å²) in [6.07, 6.45) is 0.837. The largest absolute Gasteiger partial charge is 0.496 e. The van der Waals surface area contributed by atoms with E-state index in [0.717, 1.165) is 28.6 Å². The third-order valence-corrected chi connectivity index (χ3v) is 2.65. The van der Waals surface area contributed by atoms with E-state index in [1.165, 1.54) is 0 Å². The zero-order valence-corrected chi connectivity index (χ0v) is 9.78. The zero-order chi connectivity index (χ0) is 11.5. The minimum Gasteiger partial charge on any atom is -0.496 e. The fourth-order valence-corrected chi connectivity index (χ4v) is 1.91. The second-order valence-electron chi connectivity index (χ2n) is 3.50. The molecular weight excluding hydrogens is 202 g/mol. The highest BCUT2D eigenvalue weighted by Crippen LogP contribution is 2.34. The van der Waals surface area contributed by atoms with Crippen LogP contribution in [0.1, 0.15) is 12.5 Å². The van der Waals surface area contributed by atoms with Gasteiger partial charge >= 0.3 is 0 Å². The molecule has 0 unspecified atom stereocenters. The predicted molar refractivity (Wildman–Crippen MR) is 64.2 cm³/mol. The summed E-state index contributed by atoms with van der Waals surface area (Å²) in [6, 6.07) is 7.91. The number of nitrogens with zero attached hydrogens (tertiary/aromatic N) is 1. The molecule has 0 saturated carbocycles. The summed E-state index contributed by atoms with van der Waals surface area (Å²) >= 11 is 0. The number of rotatable bonds is 3. The Bertz CT molecular complexity index is 509. The van der Waals surface area contributed by atoms with Crippen LogP contribution in [0.25, 0.3) is 10.9 Å². The average molecular weight is 217 g/mol. The summed E-state index contributed by atoms with van der Waals surface area (Å²) in [5.41, 5.74) is 1.91. The van der Waals surface area contributed by atoms with E-state index in [1.807, 2.05) is 24.3 Å². The number of ether oxygens (including phenoxy) is 2. The van der Waals surface area contributed by atoms with Crippen LogP contribution >= 0.6 is 0 Å². The van der Waals surface area contributed by atoms with Gasteiger partial charge < -0.3 is 9.47 Å². The molecule has 0 atom stereocenters. The molecule has 0 aliphatic heterocycles. The van der Waals surface area contributed by atoms with Crippen LogP contribution in [0.3, 0.4) is 0 Å². The van der Waals surface area contributed by atoms with Crippen molar-refractivity contribution in [2.24, 2.45) is 0 Å². The molecule has 84 valence electrons. The van der Waals surface area contributed by atoms with Crippen LogP contribution in [0.5, 0.6) is 11.6 Å². The average Bonchev–Trinajstić information content (AvgIpc) is 2.36. The topological polar surface area (TPSA) is 31.4 Å². The lowest BCUT2D eigenvalue weighted by atomic mass is 10.1. The second kappa shape index (κ2) is 4.39. The molecule has 0 aliphatic carbocycles. The first-order valence-electron chi connectivity index (χ1n) is 5.31. The normalized spacial score (nSPS) is 10.4. The summed E-state index contributed by atoms with van der Waals surface area (Å²) in [4.78, 5) is 4.47. The zero-order valence-electron chi connectivity index (χ0n) is 9.78. The van der Waals surface area contributed by atoms with E-state index < -0.39 is 0 Å². The highest BCUT2D eigenvalue weighted by Gasteiger charge is 2.14. The number of hydrogen-bond donors (Lipinski definition) is 0. The molecule has 0 amide bonds. The van der Waals surface area contributed by atoms with E-state index >= 15 is 0 Å². The number of fused-ring (bicyclic) bond motifs is 1. The molecule has 0 aliphatic rings. The Kier molecular flexibility index (Phi) is 2.95. The van der Waals surface area contributed by atoms with Gasteiger partial charge in [0.05, 0.1) is 25.3 Å². The minimum absolute atomic E-state index is 0.651. The molecule has 0 radical (unpaired) electrons. The van der Waals surface area contributed by atoms with E-state index in [4.69, 9.17) is 9.47 Å². The monoisotopic (exact) mass is 217 g/mol. The van der Waals surface area contributed by atoms with Crippen molar-refractivity contribution in [2.45, 2.75) is 13.3 Å². The van der Waals surface area contributed by atoms with E-state index in [9.17, 15) is 0 Å². The third kappa shape index (κ3) is 1.58. The molecule has 3 nitrogen and oxygen atoms in total. The molecule has 1 heterocycles. The van der Waals surface area contributed by atoms with Crippen LogP contribution < -0.4 is 9.47 Å². The van der Waals surface area contributed by atoms with Gasteiger partial charge in [-0.15, -0.1) is 0 Å². The highest BCUT2D eigenvalue weighted by atomic mass is 16.5. The first-order valence-corrected chi connectivity index (χ1v) is 5.31. The molecule has 0 saturated heterocycles. The molecule has 0 bridgehead atoms. The molecule has 2 aromatic rings. The van der Waals surface area contributed by atoms with Crippen LogP contribution in [0.15, 0.2) is 24.3 Å². The number of para-hydroxylation sites is 1. The first kappa shape index (κ1) is 10.7. The van der Waals surface area contributed by atoms with Gasteiger partial charge in [0.15, 0.2) is 0 Å². The number of hydrogen-bond acceptors (Lipinski definition) is 3. The fourth-order valence-electron chi connectivity index (χ4n) is 1.91. The minimum atomic E-state index is 0.651. The van der Waals surface area contributed by atoms with Crippen molar-refractivity contribution >= 4 is 10.9 Å². The van der Waals surface area contributed by atoms with E-state index in [1.54, 1.807) is 14.2 Å². The van der Waals surface area contributed by atoms with Gasteiger partial charge in [-0.1, -0.05) is 19.1 Å². The number of methoxy groups -OCH3 is 2. The second-order valence-corrected chi connectivity index (χ2v) is 3.50. The van der Waals surface area contributed by atoms with Gasteiger partial charge in [-0.05, 0) is 18.6 Å². The van der Waals surface area contributed by atoms with E-state index in [-0.39, 0.29) is 0 Å². The summed E-state index contributed by atoms with van der Waals surface area (Å²) < 4.78 is 10.8. The van der Waals surface area contributed by atoms with Crippen LogP contribution in [0.2, 0.25) is 0 Å². The van der Waals surface area contributed by atoms with Crippen LogP contribution in [-0.2, 0) is 6.42 Å². The molecule has 0 spiro atoms. The van der Waals surface area contributed by atoms with Gasteiger partial charge in [0.2, 0.25) is 5.88 Å². The van der Waals surface area contributed by atoms with Gasteiger partial charge in [-0.2, -0.15) is 0 Å². The molecule has 0 fully saturated rings. The molecule has 16 heavy (non-hydrogen) atoms.